The van der Waals surface area contributed by atoms with E-state index in [1.54, 1.807) is 0 Å². The van der Waals surface area contributed by atoms with E-state index in [0.717, 1.165) is 0 Å². The van der Waals surface area contributed by atoms with Gasteiger partial charge in [0.25, 0.3) is 0 Å². The number of ketones is 4. The van der Waals surface area contributed by atoms with Gasteiger partial charge in [-0.1, -0.05) is 0 Å². The zero-order chi connectivity index (χ0) is 38.7. The molecule has 0 aromatic carbocycles. The Kier molecular flexibility index (Phi) is 30.3. The van der Waals surface area contributed by atoms with E-state index in [2.05, 4.69) is 63.7 Å². The SMILES string of the molecule is C1COCCOCCOCCO1.C1COCCOCCOCCO1.N#CC1=C(C#N)C(=O)C(Br)=C(Br)C1=O.N#CC1=C(C#N)C(=O)C(Br)=C(Br)C1=O.[Na]. The zero-order valence-corrected chi connectivity index (χ0v) is 36.9. The molecule has 16 nitrogen and oxygen atoms in total. The minimum Gasteiger partial charge on any atom is -0.377 e. The van der Waals surface area contributed by atoms with Crippen LogP contribution >= 0.6 is 63.7 Å². The first-order chi connectivity index (χ1) is 25.1. The molecular formula is C32H32Br4N4NaO12. The molecule has 2 heterocycles. The zero-order valence-electron chi connectivity index (χ0n) is 28.5. The standard InChI is InChI=1S/2C8Br2N2O2.2C8H16O4.Na/c2*9-5-6(10)8(14)4(2-12)3(1-11)7(5)13;2*1-2-10-5-6-12-8-7-11-4-3-9-1;/h;;2*1-8H2;. The second kappa shape index (κ2) is 31.4. The van der Waals surface area contributed by atoms with E-state index in [0.29, 0.717) is 106 Å². The van der Waals surface area contributed by atoms with Crippen LogP contribution in [0.2, 0.25) is 0 Å². The van der Waals surface area contributed by atoms with Crippen molar-refractivity contribution >= 4 is 116 Å². The van der Waals surface area contributed by atoms with Crippen LogP contribution in [0.1, 0.15) is 0 Å². The van der Waals surface area contributed by atoms with E-state index >= 15 is 0 Å². The number of hydrogen-bond donors (Lipinski definition) is 0. The average Bonchev–Trinajstić information content (AvgIpc) is 3.14. The molecule has 2 aliphatic heterocycles. The third-order valence-electron chi connectivity index (χ3n) is 6.01. The van der Waals surface area contributed by atoms with Crippen molar-refractivity contribution in [3.05, 3.63) is 40.2 Å². The third kappa shape index (κ3) is 19.1. The van der Waals surface area contributed by atoms with Crippen molar-refractivity contribution < 1.29 is 57.1 Å². The van der Waals surface area contributed by atoms with Gasteiger partial charge < -0.3 is 37.9 Å². The number of ether oxygens (including phenoxy) is 8. The number of rotatable bonds is 0. The van der Waals surface area contributed by atoms with Gasteiger partial charge >= 0.3 is 0 Å². The Morgan fingerprint density at radius 1 is 0.321 bits per heavy atom. The van der Waals surface area contributed by atoms with Gasteiger partial charge in [-0.2, -0.15) is 21.0 Å². The first kappa shape index (κ1) is 51.2. The summed E-state index contributed by atoms with van der Waals surface area (Å²) in [6, 6.07) is 6.15. The van der Waals surface area contributed by atoms with Gasteiger partial charge in [0.05, 0.1) is 124 Å². The fourth-order valence-corrected chi connectivity index (χ4v) is 4.99. The van der Waals surface area contributed by atoms with Crippen LogP contribution in [0.4, 0.5) is 0 Å². The summed E-state index contributed by atoms with van der Waals surface area (Å²) in [5, 5.41) is 34.4. The maximum absolute atomic E-state index is 11.4. The van der Waals surface area contributed by atoms with Gasteiger partial charge in [-0.25, -0.2) is 0 Å². The minimum atomic E-state index is -0.657. The second-order valence-corrected chi connectivity index (χ2v) is 12.6. The average molecular weight is 1010 g/mol. The minimum absolute atomic E-state index is 0. The number of carbonyl (C=O) groups is 4. The number of nitrogens with zero attached hydrogens (tertiary/aromatic N) is 4. The molecule has 21 heteroatoms. The quantitative estimate of drug-likeness (QED) is 0.251. The van der Waals surface area contributed by atoms with Crippen molar-refractivity contribution in [2.45, 2.75) is 0 Å². The van der Waals surface area contributed by atoms with E-state index in [-0.39, 0.29) is 47.5 Å². The van der Waals surface area contributed by atoms with Gasteiger partial charge in [0.2, 0.25) is 23.1 Å². The Hall–Kier alpha value is -1.80. The van der Waals surface area contributed by atoms with E-state index in [1.165, 1.54) is 24.3 Å². The second-order valence-electron chi connectivity index (χ2n) is 9.42. The molecule has 0 N–H and O–H groups in total. The van der Waals surface area contributed by atoms with Gasteiger partial charge in [0, 0.05) is 29.6 Å². The number of halogens is 4. The molecule has 0 spiro atoms. The predicted molar refractivity (Wildman–Crippen MR) is 199 cm³/mol. The van der Waals surface area contributed by atoms with Gasteiger partial charge in [-0.15, -0.1) is 0 Å². The summed E-state index contributed by atoms with van der Waals surface area (Å²) in [6.07, 6.45) is 0. The molecular weight excluding hydrogens is 975 g/mol. The van der Waals surface area contributed by atoms with E-state index in [1.807, 2.05) is 0 Å². The molecule has 2 fully saturated rings. The van der Waals surface area contributed by atoms with Crippen LogP contribution in [0.15, 0.2) is 40.2 Å². The third-order valence-corrected chi connectivity index (χ3v) is 10.1. The van der Waals surface area contributed by atoms with E-state index in [9.17, 15) is 19.2 Å². The predicted octanol–water partition coefficient (Wildman–Crippen LogP) is 2.72. The first-order valence-corrected chi connectivity index (χ1v) is 18.3. The Labute approximate surface area is 361 Å². The molecule has 0 aromatic heterocycles. The van der Waals surface area contributed by atoms with Gasteiger partial charge in [0.1, 0.15) is 46.6 Å². The van der Waals surface area contributed by atoms with Crippen LogP contribution in [0.3, 0.4) is 0 Å². The van der Waals surface area contributed by atoms with Crippen molar-refractivity contribution in [2.24, 2.45) is 0 Å². The molecule has 0 atom stereocenters. The molecule has 0 bridgehead atoms. The Morgan fingerprint density at radius 2 is 0.434 bits per heavy atom. The Balaban J connectivity index is 0.000000678. The molecule has 1 radical (unpaired) electrons. The molecule has 2 aliphatic carbocycles. The fourth-order valence-electron chi connectivity index (χ4n) is 3.48. The summed E-state index contributed by atoms with van der Waals surface area (Å²) in [5.74, 6) is -2.63. The molecule has 281 valence electrons. The number of Topliss-reactive ketones (excluding diaryl/α,β-unsaturated/α-hetero) is 4. The molecule has 0 saturated carbocycles. The molecule has 4 aliphatic rings. The van der Waals surface area contributed by atoms with Crippen LogP contribution < -0.4 is 0 Å². The van der Waals surface area contributed by atoms with Crippen LogP contribution in [0.25, 0.3) is 0 Å². The van der Waals surface area contributed by atoms with E-state index in [4.69, 9.17) is 58.9 Å². The molecule has 0 aromatic rings. The van der Waals surface area contributed by atoms with Crippen LogP contribution in [0.5, 0.6) is 0 Å². The summed E-state index contributed by atoms with van der Waals surface area (Å²) >= 11 is 11.5. The Morgan fingerprint density at radius 3 is 0.528 bits per heavy atom. The van der Waals surface area contributed by atoms with Crippen molar-refractivity contribution in [1.82, 2.24) is 0 Å². The normalized spacial score (nSPS) is 19.8. The van der Waals surface area contributed by atoms with Gasteiger partial charge in [-0.3, -0.25) is 19.2 Å². The van der Waals surface area contributed by atoms with Crippen LogP contribution in [-0.4, -0.2) is 158 Å². The van der Waals surface area contributed by atoms with Crippen LogP contribution in [0, 0.1) is 45.3 Å². The van der Waals surface area contributed by atoms with Crippen molar-refractivity contribution in [2.75, 3.05) is 106 Å². The maximum Gasteiger partial charge on any atom is 0.213 e. The molecule has 0 amide bonds. The largest absolute Gasteiger partial charge is 0.377 e. The number of nitriles is 4. The summed E-state index contributed by atoms with van der Waals surface area (Å²) in [6.45, 7) is 10.3. The van der Waals surface area contributed by atoms with Crippen molar-refractivity contribution in [1.29, 1.82) is 21.0 Å². The number of hydrogen-bond acceptors (Lipinski definition) is 16. The monoisotopic (exact) mass is 1000 g/mol. The Bertz CT molecular complexity index is 1300. The summed E-state index contributed by atoms with van der Waals surface area (Å²) in [5.41, 5.74) is -1.69. The summed E-state index contributed by atoms with van der Waals surface area (Å²) in [7, 11) is 0. The first-order valence-electron chi connectivity index (χ1n) is 15.1. The smallest absolute Gasteiger partial charge is 0.213 e. The number of allylic oxidation sites excluding steroid dienone is 8. The van der Waals surface area contributed by atoms with Gasteiger partial charge in [-0.05, 0) is 63.7 Å². The summed E-state index contributed by atoms with van der Waals surface area (Å²) < 4.78 is 41.6. The van der Waals surface area contributed by atoms with Crippen LogP contribution in [-0.2, 0) is 57.1 Å². The van der Waals surface area contributed by atoms with Crippen molar-refractivity contribution in [3.8, 4) is 24.3 Å². The molecule has 53 heavy (non-hydrogen) atoms. The van der Waals surface area contributed by atoms with Crippen molar-refractivity contribution in [3.63, 3.8) is 0 Å². The topological polar surface area (TPSA) is 237 Å². The molecule has 2 saturated heterocycles. The summed E-state index contributed by atoms with van der Waals surface area (Å²) in [4.78, 5) is 45.5. The fraction of sp³-hybridized carbons (Fsp3) is 0.500. The van der Waals surface area contributed by atoms with Gasteiger partial charge in [0.15, 0.2) is 0 Å². The molecule has 0 unspecified atom stereocenters. The maximum atomic E-state index is 11.4. The molecule has 4 rings (SSSR count). The van der Waals surface area contributed by atoms with E-state index < -0.39 is 45.4 Å². The number of carbonyl (C=O) groups excluding carboxylic acids is 4.